The zero-order valence-corrected chi connectivity index (χ0v) is 9.47. The zero-order valence-electron chi connectivity index (χ0n) is 6.66. The van der Waals surface area contributed by atoms with Crippen molar-refractivity contribution in [3.8, 4) is 0 Å². The number of rotatable bonds is 5. The van der Waals surface area contributed by atoms with Gasteiger partial charge < -0.3 is 0 Å². The summed E-state index contributed by atoms with van der Waals surface area (Å²) in [6, 6.07) is 0. The molecule has 0 spiro atoms. The van der Waals surface area contributed by atoms with E-state index in [0.717, 1.165) is 16.7 Å². The molecule has 3 nitrogen and oxygen atoms in total. The summed E-state index contributed by atoms with van der Waals surface area (Å²) in [4.78, 5) is 0. The van der Waals surface area contributed by atoms with Crippen LogP contribution in [0.3, 0.4) is 0 Å². The van der Waals surface area contributed by atoms with Crippen LogP contribution in [0.25, 0.3) is 0 Å². The maximum atomic E-state index is 10.3. The van der Waals surface area contributed by atoms with Crippen LogP contribution < -0.4 is 0 Å². The van der Waals surface area contributed by atoms with Crippen molar-refractivity contribution in [1.82, 2.24) is 0 Å². The second kappa shape index (κ2) is 4.69. The Morgan fingerprint density at radius 2 is 2.18 bits per heavy atom. The molecule has 0 rings (SSSR count). The molecule has 1 atom stereocenters. The Kier molecular flexibility index (Phi) is 4.63. The number of hydrogen-bond donors (Lipinski definition) is 1. The summed E-state index contributed by atoms with van der Waals surface area (Å²) in [5.74, 6) is -0.116. The van der Waals surface area contributed by atoms with Crippen molar-refractivity contribution < 1.29 is 13.0 Å². The Bertz CT molecular complexity index is 210. The summed E-state index contributed by atoms with van der Waals surface area (Å²) < 4.78 is 29.0. The highest BCUT2D eigenvalue weighted by Crippen LogP contribution is 2.11. The fourth-order valence-electron chi connectivity index (χ4n) is 0.752. The summed E-state index contributed by atoms with van der Waals surface area (Å²) in [7, 11) is -2.80. The van der Waals surface area contributed by atoms with Crippen LogP contribution in [0.1, 0.15) is 12.8 Å². The molecule has 1 N–H and O–H groups in total. The Morgan fingerprint density at radius 3 is 2.55 bits per heavy atom. The molecular formula is C6H14O3SSi. The first kappa shape index (κ1) is 10.9. The van der Waals surface area contributed by atoms with Crippen molar-refractivity contribution in [1.29, 1.82) is 0 Å². The minimum absolute atomic E-state index is 0.116. The van der Waals surface area contributed by atoms with Crippen molar-refractivity contribution in [3.63, 3.8) is 0 Å². The molecule has 0 radical (unpaired) electrons. The predicted molar refractivity (Wildman–Crippen MR) is 49.5 cm³/mol. The molecule has 0 aliphatic heterocycles. The second-order valence-corrected chi connectivity index (χ2v) is 5.91. The minimum atomic E-state index is -3.75. The molecule has 0 amide bonds. The number of hydrogen-bond acceptors (Lipinski definition) is 2. The third-order valence-electron chi connectivity index (χ3n) is 1.44. The minimum Gasteiger partial charge on any atom is -0.286 e. The Morgan fingerprint density at radius 1 is 1.64 bits per heavy atom. The fraction of sp³-hybridized carbons (Fsp3) is 0.667. The van der Waals surface area contributed by atoms with Crippen LogP contribution in [0, 0.1) is 0 Å². The lowest BCUT2D eigenvalue weighted by molar-refractivity contribution is 0.480. The lowest BCUT2D eigenvalue weighted by Crippen LogP contribution is -2.06. The van der Waals surface area contributed by atoms with Crippen molar-refractivity contribution in [2.75, 3.05) is 5.75 Å². The van der Waals surface area contributed by atoms with E-state index < -0.39 is 10.1 Å². The second-order valence-electron chi connectivity index (χ2n) is 2.70. The Labute approximate surface area is 70.7 Å². The zero-order chi connectivity index (χ0) is 8.91. The van der Waals surface area contributed by atoms with Gasteiger partial charge in [-0.2, -0.15) is 8.42 Å². The highest BCUT2D eigenvalue weighted by atomic mass is 32.2. The third-order valence-corrected chi connectivity index (χ3v) is 3.24. The molecule has 0 aliphatic carbocycles. The van der Waals surface area contributed by atoms with Crippen molar-refractivity contribution in [2.45, 2.75) is 18.4 Å². The van der Waals surface area contributed by atoms with Gasteiger partial charge in [-0.25, -0.2) is 0 Å². The molecule has 0 fully saturated rings. The lowest BCUT2D eigenvalue weighted by Gasteiger charge is -2.05. The highest BCUT2D eigenvalue weighted by molar-refractivity contribution is 7.85. The van der Waals surface area contributed by atoms with Crippen molar-refractivity contribution in [3.05, 3.63) is 12.7 Å². The van der Waals surface area contributed by atoms with Gasteiger partial charge in [-0.3, -0.25) is 4.55 Å². The van der Waals surface area contributed by atoms with Crippen LogP contribution in [0.15, 0.2) is 12.7 Å². The van der Waals surface area contributed by atoms with Crippen molar-refractivity contribution >= 4 is 20.4 Å². The van der Waals surface area contributed by atoms with Gasteiger partial charge in [0.2, 0.25) is 0 Å². The average molecular weight is 194 g/mol. The molecule has 5 heteroatoms. The van der Waals surface area contributed by atoms with Crippen LogP contribution in [-0.2, 0) is 10.1 Å². The van der Waals surface area contributed by atoms with Crippen LogP contribution in [0.5, 0.6) is 0 Å². The Hall–Kier alpha value is -0.133. The van der Waals surface area contributed by atoms with Crippen LogP contribution in [0.2, 0.25) is 5.54 Å². The predicted octanol–water partition coefficient (Wildman–Crippen LogP) is -0.00570. The van der Waals surface area contributed by atoms with E-state index in [-0.39, 0.29) is 5.75 Å². The first-order valence-corrected chi connectivity index (χ1v) is 6.28. The van der Waals surface area contributed by atoms with E-state index in [1.165, 1.54) is 0 Å². The van der Waals surface area contributed by atoms with Gasteiger partial charge in [0.15, 0.2) is 0 Å². The van der Waals surface area contributed by atoms with Gasteiger partial charge in [0.1, 0.15) is 0 Å². The number of allylic oxidation sites excluding steroid dienone is 1. The van der Waals surface area contributed by atoms with E-state index in [4.69, 9.17) is 4.55 Å². The third kappa shape index (κ3) is 7.77. The van der Waals surface area contributed by atoms with Gasteiger partial charge in [-0.1, -0.05) is 11.6 Å². The molecule has 1 unspecified atom stereocenters. The maximum Gasteiger partial charge on any atom is 0.264 e. The monoisotopic (exact) mass is 194 g/mol. The van der Waals surface area contributed by atoms with Crippen LogP contribution in [0.4, 0.5) is 0 Å². The molecule has 0 bridgehead atoms. The van der Waals surface area contributed by atoms with Crippen LogP contribution >= 0.6 is 0 Å². The quantitative estimate of drug-likeness (QED) is 0.380. The summed E-state index contributed by atoms with van der Waals surface area (Å²) in [6.45, 7) is 3.56. The summed E-state index contributed by atoms with van der Waals surface area (Å²) >= 11 is 0. The molecule has 0 aromatic rings. The fourth-order valence-corrected chi connectivity index (χ4v) is 2.49. The maximum absolute atomic E-state index is 10.3. The SMILES string of the molecule is C=CCC([SiH3])CCS(=O)(=O)O. The Balaban J connectivity index is 3.62. The first-order chi connectivity index (χ1) is 4.95. The molecule has 66 valence electrons. The van der Waals surface area contributed by atoms with Crippen molar-refractivity contribution in [2.24, 2.45) is 0 Å². The van der Waals surface area contributed by atoms with E-state index in [1.54, 1.807) is 6.08 Å². The molecule has 0 aliphatic rings. The summed E-state index contributed by atoms with van der Waals surface area (Å²) in [5.41, 5.74) is 0.412. The molecule has 0 saturated carbocycles. The van der Waals surface area contributed by atoms with E-state index in [1.807, 2.05) is 0 Å². The van der Waals surface area contributed by atoms with Crippen LogP contribution in [-0.4, -0.2) is 29.0 Å². The van der Waals surface area contributed by atoms with Gasteiger partial charge in [-0.05, 0) is 12.8 Å². The van der Waals surface area contributed by atoms with E-state index in [0.29, 0.717) is 12.0 Å². The summed E-state index contributed by atoms with van der Waals surface area (Å²) in [5, 5.41) is 0. The smallest absolute Gasteiger partial charge is 0.264 e. The highest BCUT2D eigenvalue weighted by Gasteiger charge is 2.07. The molecule has 0 heterocycles. The van der Waals surface area contributed by atoms with Gasteiger partial charge in [0, 0.05) is 10.2 Å². The molecule has 0 saturated heterocycles. The van der Waals surface area contributed by atoms with E-state index in [2.05, 4.69) is 6.58 Å². The normalized spacial score (nSPS) is 14.6. The molecule has 0 aromatic carbocycles. The molecule has 11 heavy (non-hydrogen) atoms. The summed E-state index contributed by atoms with van der Waals surface area (Å²) in [6.07, 6.45) is 3.18. The van der Waals surface area contributed by atoms with Gasteiger partial charge in [-0.15, -0.1) is 6.58 Å². The van der Waals surface area contributed by atoms with Gasteiger partial charge in [0.05, 0.1) is 5.75 Å². The average Bonchev–Trinajstić information content (AvgIpc) is 1.83. The molecular weight excluding hydrogens is 180 g/mol. The van der Waals surface area contributed by atoms with Gasteiger partial charge >= 0.3 is 0 Å². The topological polar surface area (TPSA) is 54.4 Å². The lowest BCUT2D eigenvalue weighted by atomic mass is 10.2. The standard InChI is InChI=1S/C6H14O3SSi/c1-2-3-6(11)4-5-10(7,8)9/h2,6H,1,3-5H2,11H3,(H,7,8,9). The largest absolute Gasteiger partial charge is 0.286 e. The molecule has 0 aromatic heterocycles. The first-order valence-electron chi connectivity index (χ1n) is 3.51. The van der Waals surface area contributed by atoms with E-state index in [9.17, 15) is 8.42 Å². The van der Waals surface area contributed by atoms with Gasteiger partial charge in [0.25, 0.3) is 10.1 Å². The van der Waals surface area contributed by atoms with E-state index >= 15 is 0 Å².